The van der Waals surface area contributed by atoms with Gasteiger partial charge in [-0.3, -0.25) is 0 Å². The molecule has 2 nitrogen and oxygen atoms in total. The Hall–Kier alpha value is -1.90. The van der Waals surface area contributed by atoms with Crippen molar-refractivity contribution in [1.29, 1.82) is 0 Å². The molecular weight excluding hydrogens is 244 g/mol. The Morgan fingerprint density at radius 2 is 1.60 bits per heavy atom. The van der Waals surface area contributed by atoms with Crippen molar-refractivity contribution in [3.63, 3.8) is 0 Å². The molecule has 0 aliphatic carbocycles. The van der Waals surface area contributed by atoms with Crippen LogP contribution in [0.4, 0.5) is 0 Å². The third-order valence-corrected chi connectivity index (χ3v) is 4.20. The van der Waals surface area contributed by atoms with Gasteiger partial charge in [0.2, 0.25) is 0 Å². The van der Waals surface area contributed by atoms with E-state index in [1.54, 1.807) is 0 Å². The molecule has 0 amide bonds. The summed E-state index contributed by atoms with van der Waals surface area (Å²) in [6, 6.07) is 20.3. The Morgan fingerprint density at radius 3 is 2.40 bits per heavy atom. The van der Waals surface area contributed by atoms with Gasteiger partial charge in [0.25, 0.3) is 0 Å². The lowest BCUT2D eigenvalue weighted by atomic mass is 9.95. The number of piperazine rings is 1. The SMILES string of the molecule is c1ccc2cc3c(C4CNCCN4)cccc3cc2c1. The molecule has 1 aliphatic rings. The Labute approximate surface area is 118 Å². The van der Waals surface area contributed by atoms with Crippen LogP contribution in [0.15, 0.2) is 54.6 Å². The molecule has 0 radical (unpaired) electrons. The molecule has 1 heterocycles. The predicted molar refractivity (Wildman–Crippen MR) is 85.1 cm³/mol. The maximum atomic E-state index is 3.61. The highest BCUT2D eigenvalue weighted by atomic mass is 15.1. The molecule has 2 N–H and O–H groups in total. The van der Waals surface area contributed by atoms with E-state index in [2.05, 4.69) is 65.2 Å². The Morgan fingerprint density at radius 1 is 0.800 bits per heavy atom. The first kappa shape index (κ1) is 11.9. The number of hydrogen-bond acceptors (Lipinski definition) is 2. The molecule has 4 rings (SSSR count). The van der Waals surface area contributed by atoms with E-state index in [-0.39, 0.29) is 0 Å². The largest absolute Gasteiger partial charge is 0.314 e. The number of fused-ring (bicyclic) bond motifs is 2. The summed E-state index contributed by atoms with van der Waals surface area (Å²) in [6.45, 7) is 3.10. The molecule has 1 unspecified atom stereocenters. The van der Waals surface area contributed by atoms with Gasteiger partial charge in [0.05, 0.1) is 0 Å². The van der Waals surface area contributed by atoms with Crippen LogP contribution in [-0.4, -0.2) is 19.6 Å². The van der Waals surface area contributed by atoms with Gasteiger partial charge in [-0.1, -0.05) is 42.5 Å². The summed E-state index contributed by atoms with van der Waals surface area (Å²) in [5.41, 5.74) is 1.40. The summed E-state index contributed by atoms with van der Waals surface area (Å²) >= 11 is 0. The number of rotatable bonds is 1. The lowest BCUT2D eigenvalue weighted by Gasteiger charge is -2.26. The molecule has 3 aromatic carbocycles. The Bertz CT molecular complexity index is 758. The fraction of sp³-hybridized carbons (Fsp3) is 0.222. The Balaban J connectivity index is 1.94. The fourth-order valence-corrected chi connectivity index (χ4v) is 3.17. The zero-order valence-corrected chi connectivity index (χ0v) is 11.4. The zero-order valence-electron chi connectivity index (χ0n) is 11.4. The molecule has 1 atom stereocenters. The summed E-state index contributed by atoms with van der Waals surface area (Å²) in [6.07, 6.45) is 0. The minimum Gasteiger partial charge on any atom is -0.314 e. The molecule has 1 saturated heterocycles. The van der Waals surface area contributed by atoms with Crippen LogP contribution in [-0.2, 0) is 0 Å². The predicted octanol–water partition coefficient (Wildman–Crippen LogP) is 3.23. The molecular formula is C18H18N2. The highest BCUT2D eigenvalue weighted by Crippen LogP contribution is 2.29. The Kier molecular flexibility index (Phi) is 2.91. The van der Waals surface area contributed by atoms with Crippen LogP contribution in [0.5, 0.6) is 0 Å². The second-order valence-corrected chi connectivity index (χ2v) is 5.48. The van der Waals surface area contributed by atoms with Crippen molar-refractivity contribution in [2.45, 2.75) is 6.04 Å². The second-order valence-electron chi connectivity index (χ2n) is 5.48. The first-order valence-corrected chi connectivity index (χ1v) is 7.27. The van der Waals surface area contributed by atoms with E-state index in [9.17, 15) is 0 Å². The van der Waals surface area contributed by atoms with E-state index in [1.807, 2.05) is 0 Å². The topological polar surface area (TPSA) is 24.1 Å². The fourth-order valence-electron chi connectivity index (χ4n) is 3.17. The van der Waals surface area contributed by atoms with Crippen molar-refractivity contribution in [3.8, 4) is 0 Å². The lowest BCUT2D eigenvalue weighted by Crippen LogP contribution is -2.42. The number of hydrogen-bond donors (Lipinski definition) is 2. The molecule has 3 aromatic rings. The van der Waals surface area contributed by atoms with Gasteiger partial charge < -0.3 is 10.6 Å². The van der Waals surface area contributed by atoms with Gasteiger partial charge in [-0.25, -0.2) is 0 Å². The molecule has 0 bridgehead atoms. The summed E-state index contributed by atoms with van der Waals surface area (Å²) in [4.78, 5) is 0. The molecule has 1 aliphatic heterocycles. The number of nitrogens with one attached hydrogen (secondary N) is 2. The molecule has 0 saturated carbocycles. The summed E-state index contributed by atoms with van der Waals surface area (Å²) in [7, 11) is 0. The normalized spacial score (nSPS) is 19.5. The van der Waals surface area contributed by atoms with Crippen molar-refractivity contribution in [2.24, 2.45) is 0 Å². The lowest BCUT2D eigenvalue weighted by molar-refractivity contribution is 0.432. The van der Waals surface area contributed by atoms with Crippen LogP contribution < -0.4 is 10.6 Å². The minimum atomic E-state index is 0.411. The first-order valence-electron chi connectivity index (χ1n) is 7.27. The summed E-state index contributed by atoms with van der Waals surface area (Å²) in [5.74, 6) is 0. The molecule has 1 fully saturated rings. The summed E-state index contributed by atoms with van der Waals surface area (Å²) < 4.78 is 0. The quantitative estimate of drug-likeness (QED) is 0.658. The van der Waals surface area contributed by atoms with Gasteiger partial charge in [0, 0.05) is 25.7 Å². The first-order chi connectivity index (χ1) is 9.92. The van der Waals surface area contributed by atoms with Gasteiger partial charge in [-0.15, -0.1) is 0 Å². The average Bonchev–Trinajstić information content (AvgIpc) is 2.53. The van der Waals surface area contributed by atoms with E-state index in [1.165, 1.54) is 27.1 Å². The van der Waals surface area contributed by atoms with Crippen LogP contribution >= 0.6 is 0 Å². The molecule has 20 heavy (non-hydrogen) atoms. The zero-order chi connectivity index (χ0) is 13.4. The van der Waals surface area contributed by atoms with Crippen molar-refractivity contribution in [1.82, 2.24) is 10.6 Å². The van der Waals surface area contributed by atoms with Crippen molar-refractivity contribution in [2.75, 3.05) is 19.6 Å². The second kappa shape index (κ2) is 4.89. The molecule has 2 heteroatoms. The van der Waals surface area contributed by atoms with Crippen molar-refractivity contribution < 1.29 is 0 Å². The monoisotopic (exact) mass is 262 g/mol. The minimum absolute atomic E-state index is 0.411. The third kappa shape index (κ3) is 1.98. The van der Waals surface area contributed by atoms with Gasteiger partial charge in [-0.2, -0.15) is 0 Å². The van der Waals surface area contributed by atoms with Crippen LogP contribution in [0.25, 0.3) is 21.5 Å². The van der Waals surface area contributed by atoms with E-state index in [0.29, 0.717) is 6.04 Å². The number of benzene rings is 3. The molecule has 0 spiro atoms. The smallest absolute Gasteiger partial charge is 0.0453 e. The van der Waals surface area contributed by atoms with Gasteiger partial charge in [-0.05, 0) is 39.2 Å². The highest BCUT2D eigenvalue weighted by molar-refractivity contribution is 5.99. The van der Waals surface area contributed by atoms with Crippen molar-refractivity contribution in [3.05, 3.63) is 60.2 Å². The van der Waals surface area contributed by atoms with E-state index in [0.717, 1.165) is 19.6 Å². The van der Waals surface area contributed by atoms with Crippen molar-refractivity contribution >= 4 is 21.5 Å². The third-order valence-electron chi connectivity index (χ3n) is 4.20. The molecule has 100 valence electrons. The van der Waals surface area contributed by atoms with Crippen LogP contribution in [0, 0.1) is 0 Å². The summed E-state index contributed by atoms with van der Waals surface area (Å²) in [5, 5.41) is 12.4. The maximum Gasteiger partial charge on any atom is 0.0453 e. The van der Waals surface area contributed by atoms with E-state index < -0.39 is 0 Å². The van der Waals surface area contributed by atoms with E-state index in [4.69, 9.17) is 0 Å². The van der Waals surface area contributed by atoms with E-state index >= 15 is 0 Å². The molecule has 0 aromatic heterocycles. The van der Waals surface area contributed by atoms with Crippen LogP contribution in [0.3, 0.4) is 0 Å². The standard InChI is InChI=1S/C18H18N2/c1-2-5-14-11-17-15(10-13(14)4-1)6-3-7-16(17)18-12-19-8-9-20-18/h1-7,10-11,18-20H,8-9,12H2. The van der Waals surface area contributed by atoms with Gasteiger partial charge in [0.1, 0.15) is 0 Å². The van der Waals surface area contributed by atoms with Crippen LogP contribution in [0.2, 0.25) is 0 Å². The highest BCUT2D eigenvalue weighted by Gasteiger charge is 2.16. The average molecular weight is 262 g/mol. The van der Waals surface area contributed by atoms with Gasteiger partial charge >= 0.3 is 0 Å². The maximum absolute atomic E-state index is 3.61. The van der Waals surface area contributed by atoms with Crippen LogP contribution in [0.1, 0.15) is 11.6 Å². The van der Waals surface area contributed by atoms with Gasteiger partial charge in [0.15, 0.2) is 0 Å².